The number of benzene rings is 1. The molecule has 1 aromatic rings. The summed E-state index contributed by atoms with van der Waals surface area (Å²) in [4.78, 5) is 10.9. The Morgan fingerprint density at radius 2 is 2.06 bits per heavy atom. The van der Waals surface area contributed by atoms with Crippen molar-refractivity contribution in [1.82, 2.24) is 5.32 Å². The molecule has 3 nitrogen and oxygen atoms in total. The first kappa shape index (κ1) is 12.1. The number of hydrogen-bond acceptors (Lipinski definition) is 2. The van der Waals surface area contributed by atoms with Crippen LogP contribution in [0.2, 0.25) is 0 Å². The van der Waals surface area contributed by atoms with Gasteiger partial charge in [-0.05, 0) is 17.9 Å². The summed E-state index contributed by atoms with van der Waals surface area (Å²) in [5.74, 6) is 0.514. The van der Waals surface area contributed by atoms with Crippen molar-refractivity contribution in [3.8, 4) is 0 Å². The van der Waals surface area contributed by atoms with Crippen molar-refractivity contribution in [2.75, 3.05) is 6.54 Å². The molecule has 1 aliphatic rings. The summed E-state index contributed by atoms with van der Waals surface area (Å²) in [6, 6.07) is 10.6. The number of rotatable bonds is 6. The third kappa shape index (κ3) is 3.56. The van der Waals surface area contributed by atoms with Crippen LogP contribution in [0.5, 0.6) is 0 Å². The van der Waals surface area contributed by atoms with Gasteiger partial charge in [-0.15, -0.1) is 0 Å². The molecule has 0 spiro atoms. The fraction of sp³-hybridized carbons (Fsp3) is 0.500. The van der Waals surface area contributed by atoms with Crippen molar-refractivity contribution >= 4 is 5.91 Å². The van der Waals surface area contributed by atoms with E-state index in [0.29, 0.717) is 0 Å². The minimum absolute atomic E-state index is 0.256. The zero-order valence-electron chi connectivity index (χ0n) is 10.1. The molecule has 1 saturated carbocycles. The fourth-order valence-electron chi connectivity index (χ4n) is 2.31. The molecule has 0 heterocycles. The van der Waals surface area contributed by atoms with Crippen molar-refractivity contribution in [3.63, 3.8) is 0 Å². The zero-order chi connectivity index (χ0) is 12.1. The summed E-state index contributed by atoms with van der Waals surface area (Å²) in [7, 11) is 0. The van der Waals surface area contributed by atoms with Gasteiger partial charge in [-0.1, -0.05) is 49.6 Å². The lowest BCUT2D eigenvalue weighted by molar-refractivity contribution is -0.117. The van der Waals surface area contributed by atoms with Gasteiger partial charge in [0.2, 0.25) is 5.91 Å². The van der Waals surface area contributed by atoms with E-state index in [1.807, 2.05) is 18.2 Å². The molecule has 1 aliphatic carbocycles. The van der Waals surface area contributed by atoms with E-state index in [0.717, 1.165) is 12.3 Å². The van der Waals surface area contributed by atoms with E-state index in [1.165, 1.54) is 24.8 Å². The van der Waals surface area contributed by atoms with E-state index in [-0.39, 0.29) is 18.5 Å². The Morgan fingerprint density at radius 1 is 1.35 bits per heavy atom. The van der Waals surface area contributed by atoms with Crippen LogP contribution in [-0.4, -0.2) is 12.5 Å². The summed E-state index contributed by atoms with van der Waals surface area (Å²) >= 11 is 0. The Bertz CT molecular complexity index is 360. The molecular weight excluding hydrogens is 212 g/mol. The highest BCUT2D eigenvalue weighted by molar-refractivity contribution is 5.75. The Kier molecular flexibility index (Phi) is 4.15. The van der Waals surface area contributed by atoms with E-state index in [4.69, 9.17) is 5.73 Å². The van der Waals surface area contributed by atoms with Crippen molar-refractivity contribution in [3.05, 3.63) is 35.9 Å². The van der Waals surface area contributed by atoms with Crippen LogP contribution in [0.15, 0.2) is 30.3 Å². The molecule has 0 aliphatic heterocycles. The minimum atomic E-state index is -0.292. The molecule has 0 unspecified atom stereocenters. The highest BCUT2D eigenvalue weighted by atomic mass is 16.1. The molecule has 1 amide bonds. The molecule has 3 N–H and O–H groups in total. The molecule has 0 aromatic heterocycles. The molecule has 3 heteroatoms. The average molecular weight is 232 g/mol. The zero-order valence-corrected chi connectivity index (χ0v) is 10.1. The summed E-state index contributed by atoms with van der Waals surface area (Å²) < 4.78 is 0. The molecule has 1 aromatic carbocycles. The first-order valence-electron chi connectivity index (χ1n) is 6.32. The Balaban J connectivity index is 1.98. The molecule has 0 saturated heterocycles. The second-order valence-corrected chi connectivity index (χ2v) is 4.84. The van der Waals surface area contributed by atoms with Crippen molar-refractivity contribution in [1.29, 1.82) is 0 Å². The molecule has 1 atom stereocenters. The summed E-state index contributed by atoms with van der Waals surface area (Å²) in [5, 5.41) is 3.26. The molecule has 0 radical (unpaired) electrons. The highest BCUT2D eigenvalue weighted by Crippen LogP contribution is 2.34. The normalized spacial score (nSPS) is 17.4. The van der Waals surface area contributed by atoms with E-state index >= 15 is 0 Å². The predicted octanol–water partition coefficient (Wildman–Crippen LogP) is 1.99. The van der Waals surface area contributed by atoms with Gasteiger partial charge in [0, 0.05) is 6.04 Å². The smallest absolute Gasteiger partial charge is 0.231 e. The van der Waals surface area contributed by atoms with Gasteiger partial charge in [0.1, 0.15) is 0 Å². The van der Waals surface area contributed by atoms with Crippen LogP contribution in [0.4, 0.5) is 0 Å². The van der Waals surface area contributed by atoms with Crippen LogP contribution in [0.3, 0.4) is 0 Å². The van der Waals surface area contributed by atoms with Gasteiger partial charge in [0.25, 0.3) is 0 Å². The molecule has 2 rings (SSSR count). The van der Waals surface area contributed by atoms with Crippen LogP contribution < -0.4 is 11.1 Å². The number of nitrogens with one attached hydrogen (secondary N) is 1. The lowest BCUT2D eigenvalue weighted by Crippen LogP contribution is -2.33. The number of amides is 1. The van der Waals surface area contributed by atoms with Crippen LogP contribution >= 0.6 is 0 Å². The van der Waals surface area contributed by atoms with Crippen molar-refractivity contribution in [2.24, 2.45) is 11.7 Å². The van der Waals surface area contributed by atoms with Gasteiger partial charge in [0.05, 0.1) is 6.54 Å². The third-order valence-corrected chi connectivity index (χ3v) is 3.52. The van der Waals surface area contributed by atoms with Gasteiger partial charge in [-0.25, -0.2) is 0 Å². The lowest BCUT2D eigenvalue weighted by atomic mass is 9.79. The predicted molar refractivity (Wildman–Crippen MR) is 68.3 cm³/mol. The maximum atomic E-state index is 10.9. The first-order chi connectivity index (χ1) is 8.25. The van der Waals surface area contributed by atoms with E-state index in [1.54, 1.807) is 0 Å². The number of carbonyl (C=O) groups excluding carboxylic acids is 1. The quantitative estimate of drug-likeness (QED) is 0.788. The molecule has 0 bridgehead atoms. The van der Waals surface area contributed by atoms with Gasteiger partial charge in [0.15, 0.2) is 0 Å². The highest BCUT2D eigenvalue weighted by Gasteiger charge is 2.22. The van der Waals surface area contributed by atoms with E-state index < -0.39 is 0 Å². The summed E-state index contributed by atoms with van der Waals surface area (Å²) in [5.41, 5.74) is 6.45. The second-order valence-electron chi connectivity index (χ2n) is 4.84. The summed E-state index contributed by atoms with van der Waals surface area (Å²) in [6.45, 7) is 0.256. The van der Waals surface area contributed by atoms with Crippen LogP contribution in [0.1, 0.15) is 37.3 Å². The first-order valence-corrected chi connectivity index (χ1v) is 6.32. The topological polar surface area (TPSA) is 55.1 Å². The third-order valence-electron chi connectivity index (χ3n) is 3.52. The number of hydrogen-bond donors (Lipinski definition) is 2. The van der Waals surface area contributed by atoms with E-state index in [9.17, 15) is 4.79 Å². The summed E-state index contributed by atoms with van der Waals surface area (Å²) in [6.07, 6.45) is 5.10. The largest absolute Gasteiger partial charge is 0.369 e. The van der Waals surface area contributed by atoms with Crippen LogP contribution in [0.25, 0.3) is 0 Å². The molecule has 17 heavy (non-hydrogen) atoms. The standard InChI is InChI=1S/C14H20N2O/c15-14(17)10-16-13(9-11-5-4-6-11)12-7-2-1-3-8-12/h1-3,7-8,11,13,16H,4-6,9-10H2,(H2,15,17)/t13-/m1/s1. The van der Waals surface area contributed by atoms with Gasteiger partial charge >= 0.3 is 0 Å². The molecular formula is C14H20N2O. The Labute approximate surface area is 102 Å². The van der Waals surface area contributed by atoms with Crippen molar-refractivity contribution in [2.45, 2.75) is 31.7 Å². The monoisotopic (exact) mass is 232 g/mol. The molecule has 92 valence electrons. The van der Waals surface area contributed by atoms with Gasteiger partial charge < -0.3 is 11.1 Å². The van der Waals surface area contributed by atoms with E-state index in [2.05, 4.69) is 17.4 Å². The number of carbonyl (C=O) groups is 1. The Hall–Kier alpha value is -1.35. The number of primary amides is 1. The average Bonchev–Trinajstić information content (AvgIpc) is 2.27. The van der Waals surface area contributed by atoms with Gasteiger partial charge in [-0.3, -0.25) is 4.79 Å². The fourth-order valence-corrected chi connectivity index (χ4v) is 2.31. The minimum Gasteiger partial charge on any atom is -0.369 e. The maximum absolute atomic E-state index is 10.9. The van der Waals surface area contributed by atoms with Crippen molar-refractivity contribution < 1.29 is 4.79 Å². The number of nitrogens with two attached hydrogens (primary N) is 1. The SMILES string of the molecule is NC(=O)CN[C@H](CC1CCC1)c1ccccc1. The van der Waals surface area contributed by atoms with Gasteiger partial charge in [-0.2, -0.15) is 0 Å². The second kappa shape index (κ2) is 5.82. The Morgan fingerprint density at radius 3 is 2.59 bits per heavy atom. The maximum Gasteiger partial charge on any atom is 0.231 e. The molecule has 1 fully saturated rings. The van der Waals surface area contributed by atoms with Crippen LogP contribution in [-0.2, 0) is 4.79 Å². The lowest BCUT2D eigenvalue weighted by Gasteiger charge is -2.30. The van der Waals surface area contributed by atoms with Crippen LogP contribution in [0, 0.1) is 5.92 Å².